The van der Waals surface area contributed by atoms with Gasteiger partial charge in [0.15, 0.2) is 0 Å². The molecule has 0 aliphatic heterocycles. The van der Waals surface area contributed by atoms with E-state index in [0.29, 0.717) is 15.9 Å². The fourth-order valence-corrected chi connectivity index (χ4v) is 17.7. The molecule has 3 aromatic carbocycles. The maximum atomic E-state index is 12.4. The number of benzene rings is 3. The molecule has 0 unspecified atom stereocenters. The third-order valence-electron chi connectivity index (χ3n) is 4.60. The van der Waals surface area contributed by atoms with Crippen LogP contribution in [0.4, 0.5) is 0 Å². The van der Waals surface area contributed by atoms with Crippen molar-refractivity contribution in [1.82, 2.24) is 0 Å². The van der Waals surface area contributed by atoms with Gasteiger partial charge in [-0.15, -0.1) is 0 Å². The molecule has 0 bridgehead atoms. The van der Waals surface area contributed by atoms with Gasteiger partial charge in [0.25, 0.3) is 0 Å². The normalized spacial score (nSPS) is 12.9. The van der Waals surface area contributed by atoms with E-state index < -0.39 is 15.6 Å². The first-order valence-electron chi connectivity index (χ1n) is 8.18. The topological polar surface area (TPSA) is 68.3 Å². The molecule has 3 aromatic rings. The van der Waals surface area contributed by atoms with Crippen molar-refractivity contribution in [1.29, 1.82) is 0 Å². The Hall–Kier alpha value is -3.07. The van der Waals surface area contributed by atoms with Gasteiger partial charge in [0.2, 0.25) is 0 Å². The van der Waals surface area contributed by atoms with Crippen LogP contribution in [0.3, 0.4) is 0 Å². The summed E-state index contributed by atoms with van der Waals surface area (Å²) in [6.45, 7) is 0. The molecule has 0 aromatic heterocycles. The zero-order chi connectivity index (χ0) is 20.1. The molecule has 0 aliphatic rings. The molecule has 4 nitrogen and oxygen atoms in total. The molecule has 0 fully saturated rings. The van der Waals surface area contributed by atoms with Crippen LogP contribution < -0.4 is 15.9 Å². The molecule has 3 rings (SSSR count). The van der Waals surface area contributed by atoms with Crippen molar-refractivity contribution in [2.24, 2.45) is 0 Å². The van der Waals surface area contributed by atoms with Crippen LogP contribution in [0.25, 0.3) is 0 Å². The van der Waals surface area contributed by atoms with Crippen LogP contribution in [0.2, 0.25) is 0 Å². The van der Waals surface area contributed by atoms with Gasteiger partial charge in [0, 0.05) is 0 Å². The van der Waals surface area contributed by atoms with Crippen LogP contribution in [0.5, 0.6) is 0 Å². The van der Waals surface area contributed by atoms with Crippen molar-refractivity contribution < 1.29 is 28.8 Å². The summed E-state index contributed by atoms with van der Waals surface area (Å²) in [6, 6.07) is 26.1. The van der Waals surface area contributed by atoms with Gasteiger partial charge < -0.3 is 0 Å². The number of hydrogen-bond donors (Lipinski definition) is 0. The molecule has 0 amide bonds. The SMILES string of the molecule is O=[C]=[Fe](=[C]=O)(=[C]=O)(=[C]=O)[PH](c1ccccc1)(c1ccccc1)c1ccccc1. The Balaban J connectivity index is 2.90. The third kappa shape index (κ3) is 2.46. The minimum absolute atomic E-state index is 0.550. The Bertz CT molecular complexity index is 1260. The maximum absolute atomic E-state index is 12.4. The van der Waals surface area contributed by atoms with E-state index in [4.69, 9.17) is 0 Å². The zero-order valence-corrected chi connectivity index (χ0v) is 16.8. The van der Waals surface area contributed by atoms with Crippen molar-refractivity contribution in [2.75, 3.05) is 0 Å². The van der Waals surface area contributed by atoms with Gasteiger partial charge >= 0.3 is 161 Å². The molecule has 0 atom stereocenters. The quantitative estimate of drug-likeness (QED) is 0.465. The van der Waals surface area contributed by atoms with Gasteiger partial charge in [0.05, 0.1) is 0 Å². The molecule has 0 saturated carbocycles. The molecule has 0 N–H and O–H groups in total. The molecule has 0 saturated heterocycles. The van der Waals surface area contributed by atoms with E-state index in [1.165, 1.54) is 0 Å². The van der Waals surface area contributed by atoms with Crippen molar-refractivity contribution >= 4 is 41.0 Å². The van der Waals surface area contributed by atoms with Gasteiger partial charge in [-0.1, -0.05) is 0 Å². The number of carbonyl (C=O) groups excluding carboxylic acids is 4. The van der Waals surface area contributed by atoms with Crippen LogP contribution in [-0.4, -0.2) is 19.1 Å². The molecule has 0 spiro atoms. The number of hydrogen-bond acceptors (Lipinski definition) is 4. The monoisotopic (exact) mass is 431 g/mol. The van der Waals surface area contributed by atoms with Crippen LogP contribution >= 0.6 is 5.95 Å². The second-order valence-electron chi connectivity index (χ2n) is 5.91. The van der Waals surface area contributed by atoms with Gasteiger partial charge in [-0.25, -0.2) is 0 Å². The van der Waals surface area contributed by atoms with Crippen LogP contribution in [0.1, 0.15) is 0 Å². The van der Waals surface area contributed by atoms with E-state index in [-0.39, 0.29) is 0 Å². The summed E-state index contributed by atoms with van der Waals surface area (Å²) < 4.78 is 0. The van der Waals surface area contributed by atoms with Crippen molar-refractivity contribution in [3.63, 3.8) is 0 Å². The molecule has 28 heavy (non-hydrogen) atoms. The van der Waals surface area contributed by atoms with Gasteiger partial charge in [0.1, 0.15) is 0 Å². The summed E-state index contributed by atoms with van der Waals surface area (Å²) in [6.07, 6.45) is 0. The predicted octanol–water partition coefficient (Wildman–Crippen LogP) is 1.59. The number of rotatable bonds is 4. The van der Waals surface area contributed by atoms with Crippen molar-refractivity contribution in [3.05, 3.63) is 91.0 Å². The van der Waals surface area contributed by atoms with E-state index in [0.717, 1.165) is 0 Å². The molecule has 141 valence electrons. The Morgan fingerprint density at radius 3 is 0.929 bits per heavy atom. The molecular formula is C22H16FeO4P. The average Bonchev–Trinajstić information content (AvgIpc) is 2.80. The van der Waals surface area contributed by atoms with Gasteiger partial charge in [-0.3, -0.25) is 0 Å². The molecular weight excluding hydrogens is 415 g/mol. The molecule has 6 heteroatoms. The van der Waals surface area contributed by atoms with E-state index in [9.17, 15) is 19.2 Å². The predicted molar refractivity (Wildman–Crippen MR) is 109 cm³/mol. The fourth-order valence-electron chi connectivity index (χ4n) is 3.41. The fraction of sp³-hybridized carbons (Fsp3) is 0. The second-order valence-corrected chi connectivity index (χ2v) is 18.0. The average molecular weight is 431 g/mol. The summed E-state index contributed by atoms with van der Waals surface area (Å²) in [4.78, 5) is 56.0. The summed E-state index contributed by atoms with van der Waals surface area (Å²) in [5.74, 6) is -3.91. The Labute approximate surface area is 160 Å². The Morgan fingerprint density at radius 2 is 0.714 bits per heavy atom. The van der Waals surface area contributed by atoms with Crippen molar-refractivity contribution in [3.8, 4) is 0 Å². The van der Waals surface area contributed by atoms with Crippen LogP contribution in [0, 0.1) is 0 Å². The summed E-state index contributed by atoms with van der Waals surface area (Å²) in [7, 11) is -5.50. The molecule has 0 aliphatic carbocycles. The summed E-state index contributed by atoms with van der Waals surface area (Å²) in [5.41, 5.74) is 0. The second kappa shape index (κ2) is 7.51. The minimum atomic E-state index is -5.50. The standard InChI is InChI=1S/C18H15P.4CO.Fe/c1-4-10-16(11-5-1)19(17-12-6-2-7-13-17)18-14-8-3-9-15-18;4*1-2;/h1-15H;;;;;/q;;;;;-1/p+1. The first kappa shape index (κ1) is 19.7. The first-order valence-corrected chi connectivity index (χ1v) is 13.9. The zero-order valence-electron chi connectivity index (χ0n) is 14.6. The Morgan fingerprint density at radius 1 is 0.464 bits per heavy atom. The van der Waals surface area contributed by atoms with Gasteiger partial charge in [-0.2, -0.15) is 0 Å². The van der Waals surface area contributed by atoms with E-state index in [1.807, 2.05) is 0 Å². The molecule has 0 heterocycles. The molecule has 0 radical (unpaired) electrons. The first-order chi connectivity index (χ1) is 13.6. The summed E-state index contributed by atoms with van der Waals surface area (Å²) in [5, 5.41) is 1.65. The van der Waals surface area contributed by atoms with E-state index in [2.05, 4.69) is 0 Å². The Kier molecular flexibility index (Phi) is 5.28. The van der Waals surface area contributed by atoms with Gasteiger partial charge in [-0.05, 0) is 0 Å². The van der Waals surface area contributed by atoms with Crippen molar-refractivity contribution in [2.45, 2.75) is 0 Å². The summed E-state index contributed by atoms with van der Waals surface area (Å²) >= 11 is 0. The van der Waals surface area contributed by atoms with E-state index >= 15 is 0 Å². The third-order valence-corrected chi connectivity index (χ3v) is 19.8. The van der Waals surface area contributed by atoms with Crippen LogP contribution in [-0.2, 0) is 28.8 Å². The van der Waals surface area contributed by atoms with Crippen LogP contribution in [0.15, 0.2) is 91.0 Å². The van der Waals surface area contributed by atoms with E-state index in [1.54, 1.807) is 110 Å².